The summed E-state index contributed by atoms with van der Waals surface area (Å²) >= 11 is 0. The number of rotatable bonds is 10. The van der Waals surface area contributed by atoms with Gasteiger partial charge < -0.3 is 34.7 Å². The lowest BCUT2D eigenvalue weighted by Gasteiger charge is -2.22. The highest BCUT2D eigenvalue weighted by molar-refractivity contribution is 6.01. The summed E-state index contributed by atoms with van der Waals surface area (Å²) in [5.74, 6) is -2.30. The minimum Gasteiger partial charge on any atom is -0.507 e. The van der Waals surface area contributed by atoms with E-state index in [0.29, 0.717) is 5.56 Å². The van der Waals surface area contributed by atoms with E-state index < -0.39 is 60.6 Å². The fourth-order valence-electron chi connectivity index (χ4n) is 2.93. The highest BCUT2D eigenvalue weighted by Gasteiger charge is 2.26. The second-order valence-corrected chi connectivity index (χ2v) is 9.02. The summed E-state index contributed by atoms with van der Waals surface area (Å²) in [6.07, 6.45) is -2.59. The summed E-state index contributed by atoms with van der Waals surface area (Å²) in [5.41, 5.74) is -0.119. The van der Waals surface area contributed by atoms with E-state index in [2.05, 4.69) is 20.7 Å². The topological polar surface area (TPSA) is 179 Å². The quantitative estimate of drug-likeness (QED) is 0.197. The summed E-state index contributed by atoms with van der Waals surface area (Å²) in [7, 11) is 1.16. The van der Waals surface area contributed by atoms with E-state index in [1.807, 2.05) is 0 Å². The number of alkyl carbamates (subject to hydrolysis) is 2. The molecular formula is C26H31N3O10. The Bertz CT molecular complexity index is 1180. The van der Waals surface area contributed by atoms with Crippen LogP contribution in [0.3, 0.4) is 0 Å². The van der Waals surface area contributed by atoms with Crippen LogP contribution in [0, 0.1) is 0 Å². The monoisotopic (exact) mass is 545 g/mol. The molecule has 210 valence electrons. The third kappa shape index (κ3) is 11.0. The minimum atomic E-state index is -1.44. The van der Waals surface area contributed by atoms with E-state index in [1.54, 1.807) is 51.1 Å². The summed E-state index contributed by atoms with van der Waals surface area (Å²) in [5, 5.41) is 17.1. The first kappa shape index (κ1) is 30.4. The van der Waals surface area contributed by atoms with E-state index in [1.165, 1.54) is 12.1 Å². The molecule has 2 rings (SSSR count). The first-order valence-corrected chi connectivity index (χ1v) is 11.7. The molecule has 0 aliphatic rings. The van der Waals surface area contributed by atoms with Gasteiger partial charge in [0, 0.05) is 11.8 Å². The number of anilines is 1. The summed E-state index contributed by atoms with van der Waals surface area (Å²) < 4.78 is 19.7. The number of carbonyl (C=O) groups is 5. The maximum atomic E-state index is 12.7. The molecule has 1 atom stereocenters. The van der Waals surface area contributed by atoms with Gasteiger partial charge in [-0.1, -0.05) is 30.3 Å². The molecule has 1 unspecified atom stereocenters. The van der Waals surface area contributed by atoms with Crippen LogP contribution in [0.25, 0.3) is 0 Å². The molecule has 0 heterocycles. The molecule has 2 aromatic rings. The predicted molar refractivity (Wildman–Crippen MR) is 137 cm³/mol. The number of phenolic OH excluding ortho intramolecular Hbond substituents is 1. The summed E-state index contributed by atoms with van der Waals surface area (Å²) in [6.45, 7) is 3.65. The zero-order valence-electron chi connectivity index (χ0n) is 21.9. The van der Waals surface area contributed by atoms with Crippen molar-refractivity contribution in [1.82, 2.24) is 10.6 Å². The van der Waals surface area contributed by atoms with Crippen LogP contribution in [0.1, 0.15) is 36.7 Å². The highest BCUT2D eigenvalue weighted by Crippen LogP contribution is 2.22. The standard InChI is InChI=1S/C26H31N3O10/c1-26(2,3)39-23(33)27-13-19(29-25(35)38-14-16-8-6-5-7-9-16)22(32)37-15-21(31)18-11-10-17(12-20(18)30)28-24(34)36-4/h5-12,19,30H,13-15H2,1-4H3,(H,27,33)(H,28,34)(H,29,35). The van der Waals surface area contributed by atoms with Crippen molar-refractivity contribution < 1.29 is 48.0 Å². The number of hydrogen-bond donors (Lipinski definition) is 4. The molecule has 0 saturated heterocycles. The van der Waals surface area contributed by atoms with Crippen molar-refractivity contribution >= 4 is 35.7 Å². The van der Waals surface area contributed by atoms with E-state index in [-0.39, 0.29) is 17.9 Å². The smallest absolute Gasteiger partial charge is 0.411 e. The predicted octanol–water partition coefficient (Wildman–Crippen LogP) is 3.12. The number of esters is 1. The van der Waals surface area contributed by atoms with Gasteiger partial charge in [-0.2, -0.15) is 0 Å². The summed E-state index contributed by atoms with van der Waals surface area (Å²) in [6, 6.07) is 11.0. The van der Waals surface area contributed by atoms with Crippen molar-refractivity contribution in [3.63, 3.8) is 0 Å². The van der Waals surface area contributed by atoms with Gasteiger partial charge in [-0.15, -0.1) is 0 Å². The number of aromatic hydroxyl groups is 1. The maximum Gasteiger partial charge on any atom is 0.411 e. The van der Waals surface area contributed by atoms with Crippen LogP contribution in [0.4, 0.5) is 20.1 Å². The van der Waals surface area contributed by atoms with Gasteiger partial charge in [0.2, 0.25) is 5.78 Å². The van der Waals surface area contributed by atoms with Gasteiger partial charge >= 0.3 is 24.2 Å². The second-order valence-electron chi connectivity index (χ2n) is 9.02. The number of methoxy groups -OCH3 is 1. The normalized spacial score (nSPS) is 11.4. The maximum absolute atomic E-state index is 12.7. The average Bonchev–Trinajstić information content (AvgIpc) is 2.87. The number of benzene rings is 2. The number of ether oxygens (including phenoxy) is 4. The fraction of sp³-hybridized carbons (Fsp3) is 0.346. The molecule has 0 aromatic heterocycles. The molecule has 13 heteroatoms. The van der Waals surface area contributed by atoms with Crippen molar-refractivity contribution in [3.05, 3.63) is 59.7 Å². The third-order valence-corrected chi connectivity index (χ3v) is 4.71. The average molecular weight is 546 g/mol. The Morgan fingerprint density at radius 1 is 0.923 bits per heavy atom. The van der Waals surface area contributed by atoms with E-state index in [4.69, 9.17) is 14.2 Å². The molecule has 39 heavy (non-hydrogen) atoms. The Labute approximate surface area is 224 Å². The van der Waals surface area contributed by atoms with Gasteiger partial charge in [0.1, 0.15) is 24.0 Å². The molecule has 13 nitrogen and oxygen atoms in total. The number of ketones is 1. The van der Waals surface area contributed by atoms with Crippen LogP contribution < -0.4 is 16.0 Å². The van der Waals surface area contributed by atoms with E-state index >= 15 is 0 Å². The number of hydrogen-bond acceptors (Lipinski definition) is 10. The number of Topliss-reactive ketones (excluding diaryl/α,β-unsaturated/α-hetero) is 1. The van der Waals surface area contributed by atoms with Crippen LogP contribution in [-0.2, 0) is 30.3 Å². The Morgan fingerprint density at radius 2 is 1.62 bits per heavy atom. The molecule has 0 saturated carbocycles. The summed E-state index contributed by atoms with van der Waals surface area (Å²) in [4.78, 5) is 60.9. The van der Waals surface area contributed by atoms with Gasteiger partial charge in [0.15, 0.2) is 6.61 Å². The molecule has 0 spiro atoms. The zero-order chi connectivity index (χ0) is 29.0. The third-order valence-electron chi connectivity index (χ3n) is 4.71. The zero-order valence-corrected chi connectivity index (χ0v) is 21.9. The fourth-order valence-corrected chi connectivity index (χ4v) is 2.93. The van der Waals surface area contributed by atoms with Crippen LogP contribution in [0.2, 0.25) is 0 Å². The van der Waals surface area contributed by atoms with Crippen molar-refractivity contribution in [2.75, 3.05) is 25.6 Å². The number of phenols is 1. The van der Waals surface area contributed by atoms with Crippen molar-refractivity contribution in [2.24, 2.45) is 0 Å². The molecule has 4 N–H and O–H groups in total. The molecule has 3 amide bonds. The van der Waals surface area contributed by atoms with Gasteiger partial charge in [-0.25, -0.2) is 19.2 Å². The molecular weight excluding hydrogens is 514 g/mol. The number of carbonyl (C=O) groups excluding carboxylic acids is 5. The number of amides is 3. The molecule has 0 radical (unpaired) electrons. The van der Waals surface area contributed by atoms with Crippen LogP contribution in [0.5, 0.6) is 5.75 Å². The first-order chi connectivity index (χ1) is 18.4. The number of nitrogens with one attached hydrogen (secondary N) is 3. The van der Waals surface area contributed by atoms with Gasteiger partial charge in [0.05, 0.1) is 19.2 Å². The molecule has 0 aliphatic heterocycles. The van der Waals surface area contributed by atoms with Crippen LogP contribution in [0.15, 0.2) is 48.5 Å². The Kier molecular flexibility index (Phi) is 11.1. The van der Waals surface area contributed by atoms with Crippen molar-refractivity contribution in [3.8, 4) is 5.75 Å². The molecule has 0 aliphatic carbocycles. The van der Waals surface area contributed by atoms with Gasteiger partial charge in [0.25, 0.3) is 0 Å². The van der Waals surface area contributed by atoms with E-state index in [0.717, 1.165) is 13.2 Å². The molecule has 2 aromatic carbocycles. The highest BCUT2D eigenvalue weighted by atomic mass is 16.6. The lowest BCUT2D eigenvalue weighted by Crippen LogP contribution is -2.50. The van der Waals surface area contributed by atoms with Crippen molar-refractivity contribution in [1.29, 1.82) is 0 Å². The first-order valence-electron chi connectivity index (χ1n) is 11.7. The van der Waals surface area contributed by atoms with Crippen LogP contribution >= 0.6 is 0 Å². The Balaban J connectivity index is 2.02. The van der Waals surface area contributed by atoms with Gasteiger partial charge in [-0.05, 0) is 38.5 Å². The Hall–Kier alpha value is -4.81. The van der Waals surface area contributed by atoms with Gasteiger partial charge in [-0.3, -0.25) is 10.1 Å². The van der Waals surface area contributed by atoms with Crippen molar-refractivity contribution in [2.45, 2.75) is 39.0 Å². The lowest BCUT2D eigenvalue weighted by atomic mass is 10.1. The largest absolute Gasteiger partial charge is 0.507 e. The van der Waals surface area contributed by atoms with Crippen LogP contribution in [-0.4, -0.2) is 67.0 Å². The molecule has 0 bridgehead atoms. The van der Waals surface area contributed by atoms with E-state index in [9.17, 15) is 29.1 Å². The Morgan fingerprint density at radius 3 is 2.23 bits per heavy atom. The second kappa shape index (κ2) is 14.2. The minimum absolute atomic E-state index is 0.0769. The molecule has 0 fully saturated rings. The SMILES string of the molecule is COC(=O)Nc1ccc(C(=O)COC(=O)C(CNC(=O)OC(C)(C)C)NC(=O)OCc2ccccc2)c(O)c1. The lowest BCUT2D eigenvalue weighted by molar-refractivity contribution is -0.144.